The number of rotatable bonds is 6. The lowest BCUT2D eigenvalue weighted by Gasteiger charge is -2.09. The Kier molecular flexibility index (Phi) is 5.30. The Morgan fingerprint density at radius 3 is 2.73 bits per heavy atom. The standard InChI is InChI=1S/C17H16FN3O3S2/c1-12-11-13(4-5-14(12)18)26(23,24)19-8-9-21-17(22)7-6-15(20-21)16-3-2-10-25-16/h2-7,10-11,19H,8-9H2,1H3. The van der Waals surface area contributed by atoms with Gasteiger partial charge in [-0.25, -0.2) is 22.2 Å². The number of hydrogen-bond donors (Lipinski definition) is 1. The van der Waals surface area contributed by atoms with Crippen molar-refractivity contribution in [1.29, 1.82) is 0 Å². The molecule has 0 aliphatic carbocycles. The number of aryl methyl sites for hydroxylation is 1. The van der Waals surface area contributed by atoms with Crippen molar-refractivity contribution >= 4 is 21.4 Å². The minimum absolute atomic E-state index is 0.0143. The number of thiophene rings is 1. The van der Waals surface area contributed by atoms with E-state index in [1.807, 2.05) is 17.5 Å². The quantitative estimate of drug-likeness (QED) is 0.697. The summed E-state index contributed by atoms with van der Waals surface area (Å²) in [6.07, 6.45) is 0. The molecule has 2 aromatic heterocycles. The van der Waals surface area contributed by atoms with E-state index in [9.17, 15) is 17.6 Å². The Morgan fingerprint density at radius 1 is 1.23 bits per heavy atom. The maximum atomic E-state index is 13.3. The van der Waals surface area contributed by atoms with E-state index >= 15 is 0 Å². The molecule has 0 saturated heterocycles. The van der Waals surface area contributed by atoms with Gasteiger partial charge < -0.3 is 0 Å². The van der Waals surface area contributed by atoms with Crippen LogP contribution in [-0.4, -0.2) is 24.7 Å². The molecule has 0 radical (unpaired) electrons. The fraction of sp³-hybridized carbons (Fsp3) is 0.176. The van der Waals surface area contributed by atoms with Gasteiger partial charge in [-0.05, 0) is 48.2 Å². The average Bonchev–Trinajstić information content (AvgIpc) is 3.13. The molecule has 0 bridgehead atoms. The van der Waals surface area contributed by atoms with Crippen LogP contribution in [0.5, 0.6) is 0 Å². The zero-order valence-electron chi connectivity index (χ0n) is 13.8. The summed E-state index contributed by atoms with van der Waals surface area (Å²) in [5.41, 5.74) is 0.577. The van der Waals surface area contributed by atoms with E-state index in [1.54, 1.807) is 6.07 Å². The summed E-state index contributed by atoms with van der Waals surface area (Å²) in [6, 6.07) is 10.4. The third kappa shape index (κ3) is 4.06. The van der Waals surface area contributed by atoms with Crippen molar-refractivity contribution in [3.05, 3.63) is 69.6 Å². The van der Waals surface area contributed by atoms with Gasteiger partial charge in [0.2, 0.25) is 10.0 Å². The van der Waals surface area contributed by atoms with Crippen molar-refractivity contribution in [3.8, 4) is 10.6 Å². The van der Waals surface area contributed by atoms with Crippen molar-refractivity contribution in [2.45, 2.75) is 18.4 Å². The van der Waals surface area contributed by atoms with Crippen molar-refractivity contribution in [3.63, 3.8) is 0 Å². The number of halogens is 1. The predicted molar refractivity (Wildman–Crippen MR) is 98.1 cm³/mol. The second-order valence-electron chi connectivity index (χ2n) is 5.57. The number of hydrogen-bond acceptors (Lipinski definition) is 5. The van der Waals surface area contributed by atoms with Gasteiger partial charge in [-0.3, -0.25) is 4.79 Å². The number of sulfonamides is 1. The van der Waals surface area contributed by atoms with E-state index < -0.39 is 15.8 Å². The van der Waals surface area contributed by atoms with Gasteiger partial charge in [0, 0.05) is 12.6 Å². The molecule has 0 atom stereocenters. The van der Waals surface area contributed by atoms with Crippen LogP contribution in [0.25, 0.3) is 10.6 Å². The van der Waals surface area contributed by atoms with Crippen LogP contribution >= 0.6 is 11.3 Å². The molecule has 0 saturated carbocycles. The van der Waals surface area contributed by atoms with E-state index in [2.05, 4.69) is 9.82 Å². The minimum Gasteiger partial charge on any atom is -0.268 e. The molecule has 0 aliphatic heterocycles. The van der Waals surface area contributed by atoms with Crippen LogP contribution in [0.4, 0.5) is 4.39 Å². The summed E-state index contributed by atoms with van der Waals surface area (Å²) >= 11 is 1.50. The Bertz CT molecular complexity index is 1080. The molecule has 9 heteroatoms. The highest BCUT2D eigenvalue weighted by Crippen LogP contribution is 2.21. The van der Waals surface area contributed by atoms with Gasteiger partial charge in [-0.1, -0.05) is 6.07 Å². The van der Waals surface area contributed by atoms with Crippen molar-refractivity contribution < 1.29 is 12.8 Å². The topological polar surface area (TPSA) is 81.1 Å². The highest BCUT2D eigenvalue weighted by atomic mass is 32.2. The predicted octanol–water partition coefficient (Wildman–Crippen LogP) is 2.40. The summed E-state index contributed by atoms with van der Waals surface area (Å²) in [6.45, 7) is 1.56. The summed E-state index contributed by atoms with van der Waals surface area (Å²) in [5, 5.41) is 6.17. The van der Waals surface area contributed by atoms with Crippen molar-refractivity contribution in [2.24, 2.45) is 0 Å². The molecule has 0 aliphatic rings. The molecule has 3 rings (SSSR count). The molecule has 0 amide bonds. The molecule has 2 heterocycles. The Labute approximate surface area is 154 Å². The normalized spacial score (nSPS) is 11.6. The first-order chi connectivity index (χ1) is 12.4. The molecule has 3 aromatic rings. The highest BCUT2D eigenvalue weighted by molar-refractivity contribution is 7.89. The zero-order chi connectivity index (χ0) is 18.7. The van der Waals surface area contributed by atoms with Gasteiger partial charge in [0.25, 0.3) is 5.56 Å². The molecular weight excluding hydrogens is 377 g/mol. The van der Waals surface area contributed by atoms with Gasteiger partial charge in [0.15, 0.2) is 0 Å². The smallest absolute Gasteiger partial charge is 0.266 e. The third-order valence-corrected chi connectivity index (χ3v) is 6.05. The Hall–Kier alpha value is -2.36. The molecule has 1 aromatic carbocycles. The Balaban J connectivity index is 1.72. The van der Waals surface area contributed by atoms with Crippen LogP contribution in [0.3, 0.4) is 0 Å². The first-order valence-corrected chi connectivity index (χ1v) is 10.1. The molecule has 6 nitrogen and oxygen atoms in total. The largest absolute Gasteiger partial charge is 0.268 e. The zero-order valence-corrected chi connectivity index (χ0v) is 15.5. The molecule has 0 spiro atoms. The second kappa shape index (κ2) is 7.48. The van der Waals surface area contributed by atoms with Gasteiger partial charge >= 0.3 is 0 Å². The van der Waals surface area contributed by atoms with Crippen LogP contribution in [0.15, 0.2) is 57.5 Å². The van der Waals surface area contributed by atoms with Gasteiger partial charge in [-0.2, -0.15) is 5.10 Å². The van der Waals surface area contributed by atoms with Crippen molar-refractivity contribution in [2.75, 3.05) is 6.54 Å². The fourth-order valence-electron chi connectivity index (χ4n) is 2.32. The average molecular weight is 393 g/mol. The minimum atomic E-state index is -3.79. The molecule has 0 fully saturated rings. The van der Waals surface area contributed by atoms with Crippen LogP contribution in [0.1, 0.15) is 5.56 Å². The van der Waals surface area contributed by atoms with E-state index in [0.717, 1.165) is 10.9 Å². The van der Waals surface area contributed by atoms with Crippen molar-refractivity contribution in [1.82, 2.24) is 14.5 Å². The monoisotopic (exact) mass is 393 g/mol. The van der Waals surface area contributed by atoms with E-state index in [-0.39, 0.29) is 29.1 Å². The molecule has 26 heavy (non-hydrogen) atoms. The number of benzene rings is 1. The molecule has 136 valence electrons. The van der Waals surface area contributed by atoms with E-state index in [0.29, 0.717) is 5.69 Å². The van der Waals surface area contributed by atoms with Crippen LogP contribution in [0, 0.1) is 12.7 Å². The first kappa shape index (κ1) is 18.4. The second-order valence-corrected chi connectivity index (χ2v) is 8.28. The summed E-state index contributed by atoms with van der Waals surface area (Å²) < 4.78 is 41.5. The van der Waals surface area contributed by atoms with Gasteiger partial charge in [0.05, 0.1) is 16.3 Å². The SMILES string of the molecule is Cc1cc(S(=O)(=O)NCCn2nc(-c3cccs3)ccc2=O)ccc1F. The maximum absolute atomic E-state index is 13.3. The molecular formula is C17H16FN3O3S2. The lowest BCUT2D eigenvalue weighted by molar-refractivity contribution is 0.548. The third-order valence-electron chi connectivity index (χ3n) is 3.70. The maximum Gasteiger partial charge on any atom is 0.266 e. The molecule has 0 unspecified atom stereocenters. The molecule has 1 N–H and O–H groups in total. The Morgan fingerprint density at radius 2 is 2.04 bits per heavy atom. The van der Waals surface area contributed by atoms with Crippen LogP contribution < -0.4 is 10.3 Å². The lowest BCUT2D eigenvalue weighted by Crippen LogP contribution is -2.32. The summed E-state index contributed by atoms with van der Waals surface area (Å²) in [4.78, 5) is 12.8. The summed E-state index contributed by atoms with van der Waals surface area (Å²) in [5.74, 6) is -0.468. The lowest BCUT2D eigenvalue weighted by atomic mass is 10.2. The number of nitrogens with zero attached hydrogens (tertiary/aromatic N) is 2. The highest BCUT2D eigenvalue weighted by Gasteiger charge is 2.15. The fourth-order valence-corrected chi connectivity index (χ4v) is 4.11. The van der Waals surface area contributed by atoms with Gasteiger partial charge in [-0.15, -0.1) is 11.3 Å². The van der Waals surface area contributed by atoms with E-state index in [4.69, 9.17) is 0 Å². The number of nitrogens with one attached hydrogen (secondary N) is 1. The first-order valence-electron chi connectivity index (χ1n) is 7.75. The van der Waals surface area contributed by atoms with Crippen LogP contribution in [-0.2, 0) is 16.6 Å². The summed E-state index contributed by atoms with van der Waals surface area (Å²) in [7, 11) is -3.79. The number of aromatic nitrogens is 2. The van der Waals surface area contributed by atoms with E-state index in [1.165, 1.54) is 41.1 Å². The van der Waals surface area contributed by atoms with Gasteiger partial charge in [0.1, 0.15) is 11.5 Å². The van der Waals surface area contributed by atoms with Crippen LogP contribution in [0.2, 0.25) is 0 Å².